The Morgan fingerprint density at radius 1 is 1.08 bits per heavy atom. The first-order valence-corrected chi connectivity index (χ1v) is 7.96. The zero-order chi connectivity index (χ0) is 18.4. The Hall–Kier alpha value is -3.54. The highest BCUT2D eigenvalue weighted by Crippen LogP contribution is 2.11. The van der Waals surface area contributed by atoms with E-state index in [0.29, 0.717) is 5.69 Å². The van der Waals surface area contributed by atoms with Crippen molar-refractivity contribution < 1.29 is 14.0 Å². The molecule has 2 aromatic carbocycles. The van der Waals surface area contributed by atoms with Crippen LogP contribution >= 0.6 is 0 Å². The van der Waals surface area contributed by atoms with Gasteiger partial charge in [-0.2, -0.15) is 0 Å². The molecule has 0 spiro atoms. The number of aromatic amines is 1. The average Bonchev–Trinajstić information content (AvgIpc) is 3.17. The molecular weight excluding hydrogens is 333 g/mol. The molecule has 1 heterocycles. The summed E-state index contributed by atoms with van der Waals surface area (Å²) in [5.74, 6) is -0.460. The van der Waals surface area contributed by atoms with Crippen LogP contribution in [0.1, 0.15) is 21.7 Å². The van der Waals surface area contributed by atoms with Gasteiger partial charge < -0.3 is 10.3 Å². The molecule has 26 heavy (non-hydrogen) atoms. The van der Waals surface area contributed by atoms with Gasteiger partial charge in [0.2, 0.25) is 11.7 Å². The highest BCUT2D eigenvalue weighted by atomic mass is 19.1. The predicted octanol–water partition coefficient (Wildman–Crippen LogP) is 3.63. The van der Waals surface area contributed by atoms with Crippen LogP contribution in [0.5, 0.6) is 0 Å². The van der Waals surface area contributed by atoms with Crippen molar-refractivity contribution in [3.63, 3.8) is 0 Å². The molecule has 2 N–H and O–H groups in total. The monoisotopic (exact) mass is 349 g/mol. The van der Waals surface area contributed by atoms with E-state index in [-0.39, 0.29) is 29.8 Å². The van der Waals surface area contributed by atoms with Gasteiger partial charge in [-0.1, -0.05) is 30.3 Å². The SMILES string of the molecule is O=C(Cc1ccc(/C=C/C(=O)c2ncc[nH]2)cc1)Nc1ccc(F)cc1. The van der Waals surface area contributed by atoms with Crippen molar-refractivity contribution in [2.24, 2.45) is 0 Å². The van der Waals surface area contributed by atoms with Crippen LogP contribution in [0.4, 0.5) is 10.1 Å². The van der Waals surface area contributed by atoms with E-state index >= 15 is 0 Å². The number of nitrogens with one attached hydrogen (secondary N) is 2. The van der Waals surface area contributed by atoms with Crippen molar-refractivity contribution in [1.29, 1.82) is 0 Å². The molecule has 0 fully saturated rings. The van der Waals surface area contributed by atoms with Crippen LogP contribution in [0, 0.1) is 5.82 Å². The third kappa shape index (κ3) is 4.73. The molecule has 0 saturated carbocycles. The number of aromatic nitrogens is 2. The molecule has 0 aliphatic carbocycles. The Kier molecular flexibility index (Phi) is 5.34. The normalized spacial score (nSPS) is 10.8. The van der Waals surface area contributed by atoms with Crippen LogP contribution in [0.2, 0.25) is 0 Å². The molecule has 1 aromatic heterocycles. The summed E-state index contributed by atoms with van der Waals surface area (Å²) in [6.07, 6.45) is 6.44. The van der Waals surface area contributed by atoms with Crippen molar-refractivity contribution in [1.82, 2.24) is 9.97 Å². The van der Waals surface area contributed by atoms with Gasteiger partial charge in [-0.05, 0) is 41.5 Å². The van der Waals surface area contributed by atoms with E-state index in [1.807, 2.05) is 24.3 Å². The molecule has 6 heteroatoms. The number of halogens is 1. The molecule has 5 nitrogen and oxygen atoms in total. The van der Waals surface area contributed by atoms with Gasteiger partial charge in [-0.25, -0.2) is 9.37 Å². The maximum atomic E-state index is 12.9. The third-order valence-corrected chi connectivity index (χ3v) is 3.63. The van der Waals surface area contributed by atoms with Crippen LogP contribution in [-0.4, -0.2) is 21.7 Å². The van der Waals surface area contributed by atoms with Crippen LogP contribution in [0.15, 0.2) is 67.0 Å². The maximum Gasteiger partial charge on any atom is 0.228 e. The fourth-order valence-electron chi connectivity index (χ4n) is 2.32. The van der Waals surface area contributed by atoms with Crippen molar-refractivity contribution in [2.45, 2.75) is 6.42 Å². The Morgan fingerprint density at radius 3 is 2.46 bits per heavy atom. The predicted molar refractivity (Wildman–Crippen MR) is 97.1 cm³/mol. The number of imidazole rings is 1. The number of carbonyl (C=O) groups is 2. The standard InChI is InChI=1S/C20H16FN3O2/c21-16-6-8-17(9-7-16)24-19(26)13-15-3-1-14(2-4-15)5-10-18(25)20-22-11-12-23-20/h1-12H,13H2,(H,22,23)(H,24,26)/b10-5+. The van der Waals surface area contributed by atoms with Crippen molar-refractivity contribution >= 4 is 23.5 Å². The lowest BCUT2D eigenvalue weighted by Gasteiger charge is -2.05. The zero-order valence-corrected chi connectivity index (χ0v) is 13.8. The number of carbonyl (C=O) groups excluding carboxylic acids is 2. The largest absolute Gasteiger partial charge is 0.342 e. The number of hydrogen-bond acceptors (Lipinski definition) is 3. The van der Waals surface area contributed by atoms with Crippen LogP contribution in [-0.2, 0) is 11.2 Å². The number of nitrogens with zero attached hydrogens (tertiary/aromatic N) is 1. The van der Waals surface area contributed by atoms with Crippen molar-refractivity contribution in [3.8, 4) is 0 Å². The van der Waals surface area contributed by atoms with E-state index in [0.717, 1.165) is 11.1 Å². The molecular formula is C20H16FN3O2. The van der Waals surface area contributed by atoms with Crippen molar-refractivity contribution in [3.05, 3.63) is 89.8 Å². The first kappa shape index (κ1) is 17.3. The Morgan fingerprint density at radius 2 is 1.81 bits per heavy atom. The first-order valence-electron chi connectivity index (χ1n) is 7.96. The smallest absolute Gasteiger partial charge is 0.228 e. The third-order valence-electron chi connectivity index (χ3n) is 3.63. The molecule has 0 bridgehead atoms. The van der Waals surface area contributed by atoms with E-state index in [1.54, 1.807) is 12.3 Å². The van der Waals surface area contributed by atoms with Gasteiger partial charge >= 0.3 is 0 Å². The van der Waals surface area contributed by atoms with Gasteiger partial charge in [0.25, 0.3) is 0 Å². The lowest BCUT2D eigenvalue weighted by molar-refractivity contribution is -0.115. The molecule has 0 radical (unpaired) electrons. The fraction of sp³-hybridized carbons (Fsp3) is 0.0500. The number of hydrogen-bond donors (Lipinski definition) is 2. The van der Waals surface area contributed by atoms with Crippen molar-refractivity contribution in [2.75, 3.05) is 5.32 Å². The second-order valence-corrected chi connectivity index (χ2v) is 5.61. The van der Waals surface area contributed by atoms with E-state index < -0.39 is 0 Å². The molecule has 1 amide bonds. The summed E-state index contributed by atoms with van der Waals surface area (Å²) >= 11 is 0. The molecule has 3 rings (SSSR count). The fourth-order valence-corrected chi connectivity index (χ4v) is 2.32. The highest BCUT2D eigenvalue weighted by molar-refractivity contribution is 6.04. The number of H-pyrrole nitrogens is 1. The van der Waals surface area contributed by atoms with Gasteiger partial charge in [0.15, 0.2) is 5.82 Å². The molecule has 0 atom stereocenters. The molecule has 3 aromatic rings. The molecule has 0 saturated heterocycles. The number of rotatable bonds is 6. The lowest BCUT2D eigenvalue weighted by atomic mass is 10.1. The number of allylic oxidation sites excluding steroid dienone is 1. The second kappa shape index (κ2) is 8.02. The molecule has 0 aliphatic heterocycles. The summed E-state index contributed by atoms with van der Waals surface area (Å²) in [7, 11) is 0. The van der Waals surface area contributed by atoms with Gasteiger partial charge in [0, 0.05) is 18.1 Å². The summed E-state index contributed by atoms with van der Waals surface area (Å²) in [4.78, 5) is 30.5. The minimum absolute atomic E-state index is 0.187. The first-order chi connectivity index (χ1) is 12.6. The van der Waals surface area contributed by atoms with Crippen LogP contribution < -0.4 is 5.32 Å². The lowest BCUT2D eigenvalue weighted by Crippen LogP contribution is -2.14. The minimum atomic E-state index is -0.350. The second-order valence-electron chi connectivity index (χ2n) is 5.61. The summed E-state index contributed by atoms with van der Waals surface area (Å²) in [5.41, 5.74) is 2.22. The van der Waals surface area contributed by atoms with E-state index in [4.69, 9.17) is 0 Å². The highest BCUT2D eigenvalue weighted by Gasteiger charge is 2.05. The number of benzene rings is 2. The summed E-state index contributed by atoms with van der Waals surface area (Å²) in [6, 6.07) is 12.9. The van der Waals surface area contributed by atoms with E-state index in [9.17, 15) is 14.0 Å². The van der Waals surface area contributed by atoms with Gasteiger partial charge in [-0.3, -0.25) is 9.59 Å². The van der Waals surface area contributed by atoms with Gasteiger partial charge in [-0.15, -0.1) is 0 Å². The van der Waals surface area contributed by atoms with Gasteiger partial charge in [0.1, 0.15) is 5.82 Å². The Balaban J connectivity index is 1.56. The summed E-state index contributed by atoms with van der Waals surface area (Å²) < 4.78 is 12.9. The maximum absolute atomic E-state index is 12.9. The zero-order valence-electron chi connectivity index (χ0n) is 13.8. The van der Waals surface area contributed by atoms with E-state index in [2.05, 4.69) is 15.3 Å². The number of ketones is 1. The summed E-state index contributed by atoms with van der Waals surface area (Å²) in [5, 5.41) is 2.71. The number of amides is 1. The van der Waals surface area contributed by atoms with Crippen LogP contribution in [0.25, 0.3) is 6.08 Å². The van der Waals surface area contributed by atoms with Gasteiger partial charge in [0.05, 0.1) is 6.42 Å². The number of anilines is 1. The molecule has 0 aliphatic rings. The van der Waals surface area contributed by atoms with E-state index in [1.165, 1.54) is 36.5 Å². The average molecular weight is 349 g/mol. The summed E-state index contributed by atoms with van der Waals surface area (Å²) in [6.45, 7) is 0. The Labute approximate surface area is 149 Å². The quantitative estimate of drug-likeness (QED) is 0.527. The molecule has 130 valence electrons. The topological polar surface area (TPSA) is 74.8 Å². The van der Waals surface area contributed by atoms with Crippen LogP contribution in [0.3, 0.4) is 0 Å². The Bertz CT molecular complexity index is 915. The molecule has 0 unspecified atom stereocenters. The minimum Gasteiger partial charge on any atom is -0.342 e.